The fourth-order valence-corrected chi connectivity index (χ4v) is 1.70. The number of aromatic nitrogens is 1. The highest BCUT2D eigenvalue weighted by atomic mass is 35.5. The van der Waals surface area contributed by atoms with Crippen molar-refractivity contribution in [1.29, 1.82) is 5.26 Å². The Hall–Kier alpha value is -2.12. The summed E-state index contributed by atoms with van der Waals surface area (Å²) in [4.78, 5) is 14.7. The highest BCUT2D eigenvalue weighted by Gasteiger charge is 2.13. The van der Waals surface area contributed by atoms with Crippen molar-refractivity contribution in [3.05, 3.63) is 40.7 Å². The van der Waals surface area contributed by atoms with Crippen molar-refractivity contribution in [3.8, 4) is 6.07 Å². The number of rotatable bonds is 1. The van der Waals surface area contributed by atoms with Crippen LogP contribution in [-0.4, -0.2) is 16.1 Å². The van der Waals surface area contributed by atoms with Gasteiger partial charge in [0.1, 0.15) is 5.15 Å². The third-order valence-corrected chi connectivity index (χ3v) is 2.36. The summed E-state index contributed by atoms with van der Waals surface area (Å²) in [6, 6.07) is 8.29. The van der Waals surface area contributed by atoms with Crippen LogP contribution < -0.4 is 0 Å². The molecule has 0 saturated carbocycles. The number of benzene rings is 1. The third-order valence-electron chi connectivity index (χ3n) is 2.17. The van der Waals surface area contributed by atoms with Gasteiger partial charge in [0.05, 0.1) is 11.6 Å². The molecular weight excluding hydrogens is 228 g/mol. The molecule has 0 fully saturated rings. The molecule has 0 aliphatic carbocycles. The summed E-state index contributed by atoms with van der Waals surface area (Å²) in [5, 5.41) is 18.8. The molecular formula is C11H5ClN2O2. The maximum absolute atomic E-state index is 11.0. The lowest BCUT2D eigenvalue weighted by molar-refractivity contribution is 0.0693. The molecule has 5 heteroatoms. The van der Waals surface area contributed by atoms with Crippen LogP contribution in [0.15, 0.2) is 24.3 Å². The Balaban J connectivity index is 2.95. The standard InChI is InChI=1S/C11H5ClN2O2/c12-9-4-8-6(5-13)2-1-3-7(8)10(14-9)11(15)16/h1-4H,(H,15,16). The Morgan fingerprint density at radius 3 is 2.81 bits per heavy atom. The van der Waals surface area contributed by atoms with E-state index in [-0.39, 0.29) is 10.8 Å². The lowest BCUT2D eigenvalue weighted by Crippen LogP contribution is -2.02. The molecule has 0 unspecified atom stereocenters. The fraction of sp³-hybridized carbons (Fsp3) is 0. The van der Waals surface area contributed by atoms with E-state index in [2.05, 4.69) is 4.98 Å². The summed E-state index contributed by atoms with van der Waals surface area (Å²) < 4.78 is 0. The topological polar surface area (TPSA) is 74.0 Å². The van der Waals surface area contributed by atoms with Crippen molar-refractivity contribution in [1.82, 2.24) is 4.98 Å². The van der Waals surface area contributed by atoms with E-state index < -0.39 is 5.97 Å². The van der Waals surface area contributed by atoms with E-state index in [1.54, 1.807) is 18.2 Å². The van der Waals surface area contributed by atoms with Gasteiger partial charge in [-0.2, -0.15) is 5.26 Å². The zero-order valence-electron chi connectivity index (χ0n) is 7.94. The summed E-state index contributed by atoms with van der Waals surface area (Å²) in [5.74, 6) is -1.16. The van der Waals surface area contributed by atoms with Gasteiger partial charge in [-0.05, 0) is 12.1 Å². The number of aromatic carboxylic acids is 1. The average Bonchev–Trinajstić information content (AvgIpc) is 2.27. The fourth-order valence-electron chi connectivity index (χ4n) is 1.51. The monoisotopic (exact) mass is 232 g/mol. The highest BCUT2D eigenvalue weighted by Crippen LogP contribution is 2.24. The van der Waals surface area contributed by atoms with Gasteiger partial charge in [-0.25, -0.2) is 9.78 Å². The van der Waals surface area contributed by atoms with Gasteiger partial charge in [0.15, 0.2) is 5.69 Å². The van der Waals surface area contributed by atoms with E-state index in [0.717, 1.165) is 0 Å². The van der Waals surface area contributed by atoms with E-state index in [1.807, 2.05) is 6.07 Å². The molecule has 0 saturated heterocycles. The SMILES string of the molecule is N#Cc1cccc2c(C(=O)O)nc(Cl)cc12. The van der Waals surface area contributed by atoms with Crippen molar-refractivity contribution < 1.29 is 9.90 Å². The van der Waals surface area contributed by atoms with Gasteiger partial charge in [0.25, 0.3) is 0 Å². The van der Waals surface area contributed by atoms with Crippen molar-refractivity contribution in [2.24, 2.45) is 0 Å². The summed E-state index contributed by atoms with van der Waals surface area (Å²) in [7, 11) is 0. The lowest BCUT2D eigenvalue weighted by Gasteiger charge is -2.03. The molecule has 0 spiro atoms. The molecule has 2 aromatic rings. The van der Waals surface area contributed by atoms with Crippen LogP contribution in [-0.2, 0) is 0 Å². The van der Waals surface area contributed by atoms with E-state index in [9.17, 15) is 4.79 Å². The number of carbonyl (C=O) groups is 1. The van der Waals surface area contributed by atoms with Crippen LogP contribution in [0, 0.1) is 11.3 Å². The van der Waals surface area contributed by atoms with Crippen LogP contribution in [0.1, 0.15) is 16.1 Å². The van der Waals surface area contributed by atoms with Gasteiger partial charge >= 0.3 is 5.97 Å². The molecule has 78 valence electrons. The predicted octanol–water partition coefficient (Wildman–Crippen LogP) is 2.46. The maximum Gasteiger partial charge on any atom is 0.355 e. The van der Waals surface area contributed by atoms with Crippen LogP contribution in [0.3, 0.4) is 0 Å². The first kappa shape index (κ1) is 10.4. The Morgan fingerprint density at radius 2 is 2.19 bits per heavy atom. The number of pyridine rings is 1. The van der Waals surface area contributed by atoms with Crippen molar-refractivity contribution >= 4 is 28.3 Å². The number of halogens is 1. The number of hydrogen-bond acceptors (Lipinski definition) is 3. The Morgan fingerprint density at radius 1 is 1.44 bits per heavy atom. The second-order valence-electron chi connectivity index (χ2n) is 3.11. The zero-order chi connectivity index (χ0) is 11.7. The van der Waals surface area contributed by atoms with Crippen LogP contribution >= 0.6 is 11.6 Å². The van der Waals surface area contributed by atoms with E-state index in [1.165, 1.54) is 6.07 Å². The van der Waals surface area contributed by atoms with E-state index in [0.29, 0.717) is 16.3 Å². The molecule has 1 aromatic carbocycles. The third kappa shape index (κ3) is 1.58. The van der Waals surface area contributed by atoms with Gasteiger partial charge in [-0.15, -0.1) is 0 Å². The summed E-state index contributed by atoms with van der Waals surface area (Å²) in [6.45, 7) is 0. The van der Waals surface area contributed by atoms with Crippen LogP contribution in [0.4, 0.5) is 0 Å². The molecule has 1 N–H and O–H groups in total. The van der Waals surface area contributed by atoms with Crippen LogP contribution in [0.5, 0.6) is 0 Å². The molecule has 1 heterocycles. The highest BCUT2D eigenvalue weighted by molar-refractivity contribution is 6.30. The number of carboxylic acids is 1. The van der Waals surface area contributed by atoms with Gasteiger partial charge in [0.2, 0.25) is 0 Å². The first-order valence-electron chi connectivity index (χ1n) is 4.36. The number of nitriles is 1. The van der Waals surface area contributed by atoms with Gasteiger partial charge < -0.3 is 5.11 Å². The normalized spacial score (nSPS) is 10.0. The first-order chi connectivity index (χ1) is 7.63. The maximum atomic E-state index is 11.0. The van der Waals surface area contributed by atoms with Gasteiger partial charge in [-0.3, -0.25) is 0 Å². The van der Waals surface area contributed by atoms with Crippen LogP contribution in [0.2, 0.25) is 5.15 Å². The number of nitrogens with zero attached hydrogens (tertiary/aromatic N) is 2. The predicted molar refractivity (Wildman–Crippen MR) is 58.4 cm³/mol. The molecule has 0 bridgehead atoms. The van der Waals surface area contributed by atoms with Gasteiger partial charge in [-0.1, -0.05) is 23.7 Å². The molecule has 16 heavy (non-hydrogen) atoms. The lowest BCUT2D eigenvalue weighted by atomic mass is 10.0. The molecule has 0 amide bonds. The van der Waals surface area contributed by atoms with Crippen LogP contribution in [0.25, 0.3) is 10.8 Å². The minimum absolute atomic E-state index is 0.0626. The summed E-state index contributed by atoms with van der Waals surface area (Å²) >= 11 is 5.71. The van der Waals surface area contributed by atoms with Crippen molar-refractivity contribution in [2.75, 3.05) is 0 Å². The smallest absolute Gasteiger partial charge is 0.355 e. The number of carboxylic acid groups (broad SMARTS) is 1. The molecule has 0 atom stereocenters. The minimum atomic E-state index is -1.16. The minimum Gasteiger partial charge on any atom is -0.476 e. The largest absolute Gasteiger partial charge is 0.476 e. The Bertz CT molecular complexity index is 632. The first-order valence-corrected chi connectivity index (χ1v) is 4.74. The van der Waals surface area contributed by atoms with Gasteiger partial charge in [0, 0.05) is 10.8 Å². The molecule has 4 nitrogen and oxygen atoms in total. The number of fused-ring (bicyclic) bond motifs is 1. The van der Waals surface area contributed by atoms with Crippen molar-refractivity contribution in [3.63, 3.8) is 0 Å². The Kier molecular flexibility index (Phi) is 2.47. The summed E-state index contributed by atoms with van der Waals surface area (Å²) in [6.07, 6.45) is 0. The second kappa shape index (κ2) is 3.80. The average molecular weight is 233 g/mol. The van der Waals surface area contributed by atoms with Crippen molar-refractivity contribution in [2.45, 2.75) is 0 Å². The number of hydrogen-bond donors (Lipinski definition) is 1. The Labute approximate surface area is 95.7 Å². The summed E-state index contributed by atoms with van der Waals surface area (Å²) in [5.41, 5.74) is 0.240. The quantitative estimate of drug-likeness (QED) is 0.767. The van der Waals surface area contributed by atoms with E-state index >= 15 is 0 Å². The second-order valence-corrected chi connectivity index (χ2v) is 3.50. The molecule has 0 aliphatic heterocycles. The molecule has 2 rings (SSSR count). The zero-order valence-corrected chi connectivity index (χ0v) is 8.69. The molecule has 0 aliphatic rings. The van der Waals surface area contributed by atoms with E-state index in [4.69, 9.17) is 22.0 Å². The molecule has 1 aromatic heterocycles. The molecule has 0 radical (unpaired) electrons.